The lowest BCUT2D eigenvalue weighted by Crippen LogP contribution is -2.26. The summed E-state index contributed by atoms with van der Waals surface area (Å²) in [5.74, 6) is 0.950. The van der Waals surface area contributed by atoms with Crippen LogP contribution in [-0.4, -0.2) is 26.4 Å². The third-order valence-electron chi connectivity index (χ3n) is 6.81. The molecule has 1 aliphatic rings. The Morgan fingerprint density at radius 3 is 2.84 bits per heavy atom. The minimum atomic E-state index is -0.499. The lowest BCUT2D eigenvalue weighted by Gasteiger charge is -2.33. The highest BCUT2D eigenvalue weighted by molar-refractivity contribution is 7.99. The lowest BCUT2D eigenvalue weighted by atomic mass is 9.72. The molecule has 7 nitrogen and oxygen atoms in total. The van der Waals surface area contributed by atoms with Crippen molar-refractivity contribution >= 4 is 45.6 Å². The highest BCUT2D eigenvalue weighted by Crippen LogP contribution is 2.44. The van der Waals surface area contributed by atoms with E-state index in [2.05, 4.69) is 42.4 Å². The van der Waals surface area contributed by atoms with Crippen molar-refractivity contribution in [2.45, 2.75) is 71.7 Å². The molecule has 202 valence electrons. The highest BCUT2D eigenvalue weighted by Gasteiger charge is 2.32. The van der Waals surface area contributed by atoms with Crippen LogP contribution in [0.4, 0.5) is 9.39 Å². The van der Waals surface area contributed by atoms with E-state index in [-0.39, 0.29) is 22.1 Å². The SMILES string of the molecule is CCn1c(SCC(=O)Nc2sc3c(c2C#N)CCC(C(C)(C)C)C3)nnc1C(C)Oc1ccc(F)cc1Cl. The van der Waals surface area contributed by atoms with Gasteiger partial charge in [0.25, 0.3) is 0 Å². The number of aromatic nitrogens is 3. The minimum absolute atomic E-state index is 0.120. The molecular formula is C27H31ClFN5O2S2. The molecule has 0 spiro atoms. The van der Waals surface area contributed by atoms with Crippen LogP contribution >= 0.6 is 34.7 Å². The van der Waals surface area contributed by atoms with E-state index in [0.29, 0.717) is 39.8 Å². The van der Waals surface area contributed by atoms with Crippen LogP contribution in [0.5, 0.6) is 5.75 Å². The number of hydrogen-bond acceptors (Lipinski definition) is 7. The van der Waals surface area contributed by atoms with Crippen LogP contribution < -0.4 is 10.1 Å². The molecule has 4 rings (SSSR count). The fraction of sp³-hybridized carbons (Fsp3) is 0.481. The predicted octanol–water partition coefficient (Wildman–Crippen LogP) is 7.05. The number of thioether (sulfide) groups is 1. The minimum Gasteiger partial charge on any atom is -0.481 e. The van der Waals surface area contributed by atoms with Crippen LogP contribution in [0.15, 0.2) is 23.4 Å². The van der Waals surface area contributed by atoms with Gasteiger partial charge in [-0.2, -0.15) is 5.26 Å². The molecule has 0 aliphatic heterocycles. The van der Waals surface area contributed by atoms with Gasteiger partial charge in [0.1, 0.15) is 22.6 Å². The molecule has 0 bridgehead atoms. The first-order valence-corrected chi connectivity index (χ1v) is 14.7. The van der Waals surface area contributed by atoms with Gasteiger partial charge < -0.3 is 14.6 Å². The summed E-state index contributed by atoms with van der Waals surface area (Å²) < 4.78 is 21.1. The van der Waals surface area contributed by atoms with Gasteiger partial charge in [-0.15, -0.1) is 21.5 Å². The zero-order valence-electron chi connectivity index (χ0n) is 22.1. The van der Waals surface area contributed by atoms with E-state index in [4.69, 9.17) is 16.3 Å². The van der Waals surface area contributed by atoms with Gasteiger partial charge in [0, 0.05) is 11.4 Å². The zero-order chi connectivity index (χ0) is 27.6. The molecule has 2 atom stereocenters. The molecule has 38 heavy (non-hydrogen) atoms. The van der Waals surface area contributed by atoms with Crippen LogP contribution in [0.1, 0.15) is 69.0 Å². The molecule has 1 amide bonds. The van der Waals surface area contributed by atoms with E-state index in [0.717, 1.165) is 24.8 Å². The number of benzene rings is 1. The van der Waals surface area contributed by atoms with Gasteiger partial charge in [0.05, 0.1) is 16.3 Å². The van der Waals surface area contributed by atoms with Crippen LogP contribution in [0.3, 0.4) is 0 Å². The highest BCUT2D eigenvalue weighted by atomic mass is 35.5. The molecule has 0 saturated heterocycles. The monoisotopic (exact) mass is 575 g/mol. The van der Waals surface area contributed by atoms with E-state index in [9.17, 15) is 14.4 Å². The second-order valence-corrected chi connectivity index (χ2v) is 12.8. The number of carbonyl (C=O) groups excluding carboxylic acids is 1. The van der Waals surface area contributed by atoms with Gasteiger partial charge in [-0.05, 0) is 68.2 Å². The van der Waals surface area contributed by atoms with Crippen LogP contribution in [0.2, 0.25) is 5.02 Å². The third-order valence-corrected chi connectivity index (χ3v) is 9.24. The second-order valence-electron chi connectivity index (χ2n) is 10.4. The molecule has 0 radical (unpaired) electrons. The van der Waals surface area contributed by atoms with Gasteiger partial charge in [-0.25, -0.2) is 4.39 Å². The Balaban J connectivity index is 1.41. The van der Waals surface area contributed by atoms with Crippen LogP contribution in [0, 0.1) is 28.5 Å². The quantitative estimate of drug-likeness (QED) is 0.289. The summed E-state index contributed by atoms with van der Waals surface area (Å²) in [6.07, 6.45) is 2.36. The number of nitrogens with one attached hydrogen (secondary N) is 1. The van der Waals surface area contributed by atoms with Crippen molar-refractivity contribution in [1.29, 1.82) is 5.26 Å². The number of carbonyl (C=O) groups is 1. The van der Waals surface area contributed by atoms with Crippen molar-refractivity contribution < 1.29 is 13.9 Å². The van der Waals surface area contributed by atoms with Gasteiger partial charge in [0.15, 0.2) is 17.1 Å². The van der Waals surface area contributed by atoms with Crippen molar-refractivity contribution in [3.8, 4) is 11.8 Å². The standard InChI is InChI=1S/C27H31ClFN5O2S2/c1-6-34-24(15(2)36-21-10-8-17(29)12-20(21)28)32-33-26(34)37-14-23(35)31-25-19(13-30)18-9-7-16(27(3,4)5)11-22(18)38-25/h8,10,12,15-16H,6-7,9,11,14H2,1-5H3,(H,31,35). The number of thiophene rings is 1. The Bertz CT molecular complexity index is 1370. The number of anilines is 1. The number of ether oxygens (including phenoxy) is 1. The fourth-order valence-corrected chi connectivity index (χ4v) is 6.96. The molecule has 2 aromatic heterocycles. The molecule has 1 aliphatic carbocycles. The van der Waals surface area contributed by atoms with E-state index >= 15 is 0 Å². The first-order chi connectivity index (χ1) is 18.0. The van der Waals surface area contributed by atoms with Crippen LogP contribution in [0.25, 0.3) is 0 Å². The van der Waals surface area contributed by atoms with Gasteiger partial charge in [0.2, 0.25) is 5.91 Å². The third kappa shape index (κ3) is 6.16. The van der Waals surface area contributed by atoms with Gasteiger partial charge in [-0.1, -0.05) is 44.1 Å². The number of hydrogen-bond donors (Lipinski definition) is 1. The molecule has 2 heterocycles. The maximum atomic E-state index is 13.4. The number of rotatable bonds is 8. The van der Waals surface area contributed by atoms with Gasteiger partial charge >= 0.3 is 0 Å². The van der Waals surface area contributed by atoms with E-state index in [1.54, 1.807) is 0 Å². The summed E-state index contributed by atoms with van der Waals surface area (Å²) in [5.41, 5.74) is 1.89. The smallest absolute Gasteiger partial charge is 0.235 e. The maximum absolute atomic E-state index is 13.4. The molecule has 0 fully saturated rings. The van der Waals surface area contributed by atoms with E-state index < -0.39 is 11.9 Å². The van der Waals surface area contributed by atoms with E-state index in [1.807, 2.05) is 18.4 Å². The Morgan fingerprint density at radius 1 is 1.42 bits per heavy atom. The summed E-state index contributed by atoms with van der Waals surface area (Å²) >= 11 is 8.89. The Labute approximate surface area is 235 Å². The zero-order valence-corrected chi connectivity index (χ0v) is 24.5. The van der Waals surface area contributed by atoms with Crippen molar-refractivity contribution in [2.75, 3.05) is 11.1 Å². The topological polar surface area (TPSA) is 92.8 Å². The number of nitriles is 1. The molecule has 1 N–H and O–H groups in total. The molecule has 3 aromatic rings. The average Bonchev–Trinajstić information content (AvgIpc) is 3.43. The first kappa shape index (κ1) is 28.4. The lowest BCUT2D eigenvalue weighted by molar-refractivity contribution is -0.113. The van der Waals surface area contributed by atoms with Gasteiger partial charge in [-0.3, -0.25) is 4.79 Å². The maximum Gasteiger partial charge on any atom is 0.235 e. The molecular weight excluding hydrogens is 545 g/mol. The number of amides is 1. The van der Waals surface area contributed by atoms with Crippen LogP contribution in [-0.2, 0) is 24.2 Å². The Morgan fingerprint density at radius 2 is 2.18 bits per heavy atom. The predicted molar refractivity (Wildman–Crippen MR) is 150 cm³/mol. The number of fused-ring (bicyclic) bond motifs is 1. The summed E-state index contributed by atoms with van der Waals surface area (Å²) in [6.45, 7) is 11.1. The summed E-state index contributed by atoms with van der Waals surface area (Å²) in [5, 5.41) is 22.7. The summed E-state index contributed by atoms with van der Waals surface area (Å²) in [6, 6.07) is 6.26. The van der Waals surface area contributed by atoms with Crippen molar-refractivity contribution in [2.24, 2.45) is 11.3 Å². The Kier molecular flexibility index (Phi) is 8.70. The molecule has 1 aromatic carbocycles. The average molecular weight is 576 g/mol. The normalized spacial score (nSPS) is 16.0. The van der Waals surface area contributed by atoms with Crippen molar-refractivity contribution in [3.05, 3.63) is 50.9 Å². The fourth-order valence-electron chi connectivity index (χ4n) is 4.64. The largest absolute Gasteiger partial charge is 0.481 e. The summed E-state index contributed by atoms with van der Waals surface area (Å²) in [7, 11) is 0. The molecule has 0 saturated carbocycles. The first-order valence-electron chi connectivity index (χ1n) is 12.5. The second kappa shape index (κ2) is 11.6. The molecule has 2 unspecified atom stereocenters. The van der Waals surface area contributed by atoms with Crippen molar-refractivity contribution in [3.63, 3.8) is 0 Å². The molecule has 11 heteroatoms. The Hall–Kier alpha value is -2.61. The number of halogens is 2. The van der Waals surface area contributed by atoms with E-state index in [1.165, 1.54) is 46.2 Å². The van der Waals surface area contributed by atoms with Crippen molar-refractivity contribution in [1.82, 2.24) is 14.8 Å². The number of nitrogens with zero attached hydrogens (tertiary/aromatic N) is 4. The summed E-state index contributed by atoms with van der Waals surface area (Å²) in [4.78, 5) is 14.1.